The van der Waals surface area contributed by atoms with Gasteiger partial charge in [-0.25, -0.2) is 9.97 Å². The van der Waals surface area contributed by atoms with Gasteiger partial charge in [0.25, 0.3) is 0 Å². The van der Waals surface area contributed by atoms with E-state index in [2.05, 4.69) is 20.6 Å². The lowest BCUT2D eigenvalue weighted by Gasteiger charge is -2.09. The van der Waals surface area contributed by atoms with E-state index in [-0.39, 0.29) is 17.1 Å². The second-order valence-corrected chi connectivity index (χ2v) is 3.70. The molecule has 0 aromatic carbocycles. The van der Waals surface area contributed by atoms with Crippen LogP contribution in [0, 0.1) is 0 Å². The van der Waals surface area contributed by atoms with Crippen molar-refractivity contribution in [3.05, 3.63) is 17.5 Å². The molecular weight excluding hydrogens is 232 g/mol. The summed E-state index contributed by atoms with van der Waals surface area (Å²) in [6.45, 7) is 0. The number of anilines is 1. The average molecular weight is 241 g/mol. The minimum Gasteiger partial charge on any atom is -0.344 e. The molecule has 2 rings (SSSR count). The maximum absolute atomic E-state index is 11.6. The lowest BCUT2D eigenvalue weighted by Crippen LogP contribution is -2.37. The van der Waals surface area contributed by atoms with Gasteiger partial charge in [-0.2, -0.15) is 0 Å². The van der Waals surface area contributed by atoms with Crippen LogP contribution in [0.5, 0.6) is 0 Å². The second-order valence-electron chi connectivity index (χ2n) is 3.36. The number of aromatic nitrogens is 2. The first-order valence-electron chi connectivity index (χ1n) is 4.74. The topological polar surface area (TPSA) is 84.0 Å². The summed E-state index contributed by atoms with van der Waals surface area (Å²) in [5.74, 6) is -0.0763. The monoisotopic (exact) mass is 240 g/mol. The van der Waals surface area contributed by atoms with Gasteiger partial charge < -0.3 is 10.6 Å². The Kier molecular flexibility index (Phi) is 3.00. The van der Waals surface area contributed by atoms with Gasteiger partial charge in [-0.3, -0.25) is 9.59 Å². The predicted molar refractivity (Wildman–Crippen MR) is 56.8 cm³/mol. The molecule has 1 atom stereocenters. The lowest BCUT2D eigenvalue weighted by molar-refractivity contribution is -0.122. The minimum atomic E-state index is -0.485. The Bertz CT molecular complexity index is 437. The summed E-state index contributed by atoms with van der Waals surface area (Å²) in [4.78, 5) is 30.1. The van der Waals surface area contributed by atoms with Crippen LogP contribution in [-0.4, -0.2) is 27.8 Å². The lowest BCUT2D eigenvalue weighted by atomic mass is 10.2. The molecule has 1 unspecified atom stereocenters. The average Bonchev–Trinajstić information content (AvgIpc) is 2.65. The van der Waals surface area contributed by atoms with E-state index >= 15 is 0 Å². The van der Waals surface area contributed by atoms with Crippen LogP contribution in [-0.2, 0) is 9.59 Å². The molecule has 1 aliphatic heterocycles. The number of rotatable bonds is 2. The van der Waals surface area contributed by atoms with E-state index < -0.39 is 6.04 Å². The molecule has 1 aromatic rings. The zero-order valence-electron chi connectivity index (χ0n) is 8.24. The minimum absolute atomic E-state index is 0.0632. The van der Waals surface area contributed by atoms with E-state index in [1.807, 2.05) is 0 Å². The molecule has 1 aliphatic rings. The maximum Gasteiger partial charge on any atom is 0.248 e. The molecule has 1 fully saturated rings. The van der Waals surface area contributed by atoms with Crippen molar-refractivity contribution in [2.75, 3.05) is 5.32 Å². The first-order chi connectivity index (χ1) is 7.65. The Morgan fingerprint density at radius 2 is 2.44 bits per heavy atom. The number of carbonyl (C=O) groups is 2. The smallest absolute Gasteiger partial charge is 0.248 e. The van der Waals surface area contributed by atoms with Crippen LogP contribution in [0.3, 0.4) is 0 Å². The normalized spacial score (nSPS) is 19.3. The van der Waals surface area contributed by atoms with Crippen molar-refractivity contribution in [2.24, 2.45) is 0 Å². The number of amides is 2. The van der Waals surface area contributed by atoms with Crippen LogP contribution in [0.1, 0.15) is 12.8 Å². The summed E-state index contributed by atoms with van der Waals surface area (Å²) in [7, 11) is 0. The predicted octanol–water partition coefficient (Wildman–Crippen LogP) is 0.347. The van der Waals surface area contributed by atoms with Gasteiger partial charge in [-0.15, -0.1) is 0 Å². The third-order valence-electron chi connectivity index (χ3n) is 2.19. The molecule has 7 heteroatoms. The van der Waals surface area contributed by atoms with Gasteiger partial charge >= 0.3 is 0 Å². The van der Waals surface area contributed by atoms with E-state index in [0.29, 0.717) is 18.7 Å². The molecule has 0 saturated carbocycles. The van der Waals surface area contributed by atoms with E-state index in [1.165, 1.54) is 12.3 Å². The van der Waals surface area contributed by atoms with Crippen LogP contribution in [0.4, 0.5) is 5.82 Å². The van der Waals surface area contributed by atoms with Crippen molar-refractivity contribution in [3.63, 3.8) is 0 Å². The molecule has 6 nitrogen and oxygen atoms in total. The van der Waals surface area contributed by atoms with Gasteiger partial charge in [0, 0.05) is 12.6 Å². The molecule has 16 heavy (non-hydrogen) atoms. The van der Waals surface area contributed by atoms with Crippen LogP contribution in [0.15, 0.2) is 12.3 Å². The van der Waals surface area contributed by atoms with Crippen LogP contribution < -0.4 is 10.6 Å². The zero-order chi connectivity index (χ0) is 11.5. The second kappa shape index (κ2) is 4.44. The molecule has 2 heterocycles. The molecule has 1 aromatic heterocycles. The highest BCUT2D eigenvalue weighted by atomic mass is 35.5. The quantitative estimate of drug-likeness (QED) is 0.731. The van der Waals surface area contributed by atoms with Gasteiger partial charge in [0.15, 0.2) is 0 Å². The van der Waals surface area contributed by atoms with E-state index in [4.69, 9.17) is 11.6 Å². The molecule has 2 amide bonds. The Labute approximate surface area is 96.4 Å². The van der Waals surface area contributed by atoms with Gasteiger partial charge in [0.1, 0.15) is 11.9 Å². The first kappa shape index (κ1) is 10.8. The summed E-state index contributed by atoms with van der Waals surface area (Å²) in [6.07, 6.45) is 2.32. The number of halogens is 1. The zero-order valence-corrected chi connectivity index (χ0v) is 8.99. The molecule has 0 bridgehead atoms. The summed E-state index contributed by atoms with van der Waals surface area (Å²) in [6, 6.07) is 1.04. The Morgan fingerprint density at radius 1 is 1.62 bits per heavy atom. The first-order valence-corrected chi connectivity index (χ1v) is 5.12. The Balaban J connectivity index is 1.99. The molecule has 1 saturated heterocycles. The summed E-state index contributed by atoms with van der Waals surface area (Å²) in [5, 5.41) is 5.18. The highest BCUT2D eigenvalue weighted by Gasteiger charge is 2.27. The van der Waals surface area contributed by atoms with Crippen molar-refractivity contribution in [1.82, 2.24) is 15.3 Å². The molecular formula is C9H9ClN4O2. The van der Waals surface area contributed by atoms with Crippen LogP contribution in [0.25, 0.3) is 0 Å². The number of hydrogen-bond donors (Lipinski definition) is 2. The van der Waals surface area contributed by atoms with E-state index in [0.717, 1.165) is 0 Å². The highest BCUT2D eigenvalue weighted by molar-refractivity contribution is 6.28. The summed E-state index contributed by atoms with van der Waals surface area (Å²) >= 11 is 5.57. The van der Waals surface area contributed by atoms with Crippen molar-refractivity contribution in [1.29, 1.82) is 0 Å². The van der Waals surface area contributed by atoms with Gasteiger partial charge in [-0.1, -0.05) is 0 Å². The number of nitrogens with zero attached hydrogens (tertiary/aromatic N) is 2. The molecule has 84 valence electrons. The molecule has 0 radical (unpaired) electrons. The van der Waals surface area contributed by atoms with Crippen molar-refractivity contribution in [3.8, 4) is 0 Å². The summed E-state index contributed by atoms with van der Waals surface area (Å²) < 4.78 is 0. The van der Waals surface area contributed by atoms with Gasteiger partial charge in [-0.05, 0) is 24.1 Å². The Morgan fingerprint density at radius 3 is 3.06 bits per heavy atom. The van der Waals surface area contributed by atoms with Crippen molar-refractivity contribution < 1.29 is 9.59 Å². The van der Waals surface area contributed by atoms with Crippen LogP contribution in [0.2, 0.25) is 5.28 Å². The third kappa shape index (κ3) is 2.46. The SMILES string of the molecule is O=C1CCC(C(=O)Nc2ccnc(Cl)n2)N1. The molecule has 0 aliphatic carbocycles. The Hall–Kier alpha value is -1.69. The third-order valence-corrected chi connectivity index (χ3v) is 2.37. The maximum atomic E-state index is 11.6. The molecule has 2 N–H and O–H groups in total. The molecule has 0 spiro atoms. The fourth-order valence-corrected chi connectivity index (χ4v) is 1.58. The largest absolute Gasteiger partial charge is 0.344 e. The fourth-order valence-electron chi connectivity index (χ4n) is 1.43. The van der Waals surface area contributed by atoms with Crippen molar-refractivity contribution >= 4 is 29.2 Å². The number of nitrogens with one attached hydrogen (secondary N) is 2. The van der Waals surface area contributed by atoms with Crippen LogP contribution >= 0.6 is 11.6 Å². The van der Waals surface area contributed by atoms with E-state index in [1.54, 1.807) is 0 Å². The van der Waals surface area contributed by atoms with E-state index in [9.17, 15) is 9.59 Å². The highest BCUT2D eigenvalue weighted by Crippen LogP contribution is 2.10. The standard InChI is InChI=1S/C9H9ClN4O2/c10-9-11-4-3-6(14-9)13-8(16)5-1-2-7(15)12-5/h3-5H,1-2H2,(H,12,15)(H,11,13,14,16). The fraction of sp³-hybridized carbons (Fsp3) is 0.333. The van der Waals surface area contributed by atoms with Gasteiger partial charge in [0.05, 0.1) is 0 Å². The summed E-state index contributed by atoms with van der Waals surface area (Å²) in [5.41, 5.74) is 0. The van der Waals surface area contributed by atoms with Crippen molar-refractivity contribution in [2.45, 2.75) is 18.9 Å². The van der Waals surface area contributed by atoms with Gasteiger partial charge in [0.2, 0.25) is 17.1 Å². The number of carbonyl (C=O) groups excluding carboxylic acids is 2. The number of hydrogen-bond acceptors (Lipinski definition) is 4.